The zero-order valence-corrected chi connectivity index (χ0v) is 21.1. The fourth-order valence-corrected chi connectivity index (χ4v) is 5.07. The van der Waals surface area contributed by atoms with Crippen LogP contribution in [0, 0.1) is 5.92 Å². The van der Waals surface area contributed by atoms with Crippen molar-refractivity contribution < 1.29 is 0 Å². The molecule has 182 valence electrons. The maximum absolute atomic E-state index is 13.3. The lowest BCUT2D eigenvalue weighted by Gasteiger charge is -2.10. The van der Waals surface area contributed by atoms with Gasteiger partial charge in [-0.25, -0.2) is 14.8 Å². The van der Waals surface area contributed by atoms with Crippen molar-refractivity contribution in [2.75, 3.05) is 0 Å². The third kappa shape index (κ3) is 4.61. The predicted molar refractivity (Wildman–Crippen MR) is 141 cm³/mol. The minimum atomic E-state index is -0.352. The van der Waals surface area contributed by atoms with Gasteiger partial charge in [-0.2, -0.15) is 5.10 Å². The summed E-state index contributed by atoms with van der Waals surface area (Å²) in [5.41, 5.74) is 1.66. The van der Waals surface area contributed by atoms with Crippen molar-refractivity contribution in [3.05, 3.63) is 99.5 Å². The van der Waals surface area contributed by atoms with Crippen LogP contribution < -0.4 is 11.2 Å². The Kier molecular flexibility index (Phi) is 6.56. The van der Waals surface area contributed by atoms with Crippen LogP contribution in [0.2, 0.25) is 0 Å². The van der Waals surface area contributed by atoms with Crippen LogP contribution in [0.5, 0.6) is 0 Å². The van der Waals surface area contributed by atoms with Gasteiger partial charge in [0.2, 0.25) is 0 Å². The molecule has 3 aromatic heterocycles. The summed E-state index contributed by atoms with van der Waals surface area (Å²) in [6, 6.07) is 19.6. The van der Waals surface area contributed by atoms with Crippen molar-refractivity contribution >= 4 is 22.8 Å². The Labute approximate surface area is 212 Å². The average Bonchev–Trinajstić information content (AvgIpc) is 3.24. The van der Waals surface area contributed by atoms with E-state index < -0.39 is 0 Å². The van der Waals surface area contributed by atoms with E-state index in [-0.39, 0.29) is 17.2 Å². The Morgan fingerprint density at radius 3 is 2.28 bits per heavy atom. The standard InChI is InChI=1S/C27H26N6O2S/c1-18(2)16-32-24-22(25(34)31(3)27(32)35)26(36-21-8-5-4-6-9-21)33(30-24)17-19-10-12-20(13-11-19)23-28-14-7-15-29-23/h4-15,18H,16-17H2,1-3H3. The van der Waals surface area contributed by atoms with Crippen LogP contribution >= 0.6 is 11.8 Å². The molecular weight excluding hydrogens is 472 g/mol. The number of nitrogens with zero attached hydrogens (tertiary/aromatic N) is 6. The van der Waals surface area contributed by atoms with E-state index in [0.29, 0.717) is 35.0 Å². The SMILES string of the molecule is CC(C)Cn1c(=O)n(C)c(=O)c2c(Sc3ccccc3)n(Cc3ccc(-c4ncccn4)cc3)nc21. The van der Waals surface area contributed by atoms with E-state index in [1.165, 1.54) is 23.4 Å². The molecule has 3 heterocycles. The molecule has 0 bridgehead atoms. The summed E-state index contributed by atoms with van der Waals surface area (Å²) < 4.78 is 4.62. The number of rotatable bonds is 7. The van der Waals surface area contributed by atoms with Gasteiger partial charge in [0.25, 0.3) is 5.56 Å². The van der Waals surface area contributed by atoms with Crippen LogP contribution in [-0.2, 0) is 20.1 Å². The molecule has 0 atom stereocenters. The first-order valence-electron chi connectivity index (χ1n) is 11.7. The monoisotopic (exact) mass is 498 g/mol. The van der Waals surface area contributed by atoms with Gasteiger partial charge in [-0.05, 0) is 29.7 Å². The third-order valence-electron chi connectivity index (χ3n) is 5.80. The maximum Gasteiger partial charge on any atom is 0.332 e. The van der Waals surface area contributed by atoms with E-state index in [2.05, 4.69) is 9.97 Å². The van der Waals surface area contributed by atoms with E-state index in [1.54, 1.807) is 23.0 Å². The van der Waals surface area contributed by atoms with Gasteiger partial charge in [-0.3, -0.25) is 18.6 Å². The molecule has 36 heavy (non-hydrogen) atoms. The second kappa shape index (κ2) is 9.94. The topological polar surface area (TPSA) is 87.6 Å². The number of aromatic nitrogens is 6. The highest BCUT2D eigenvalue weighted by Gasteiger charge is 2.22. The molecule has 0 unspecified atom stereocenters. The summed E-state index contributed by atoms with van der Waals surface area (Å²) in [6.07, 6.45) is 3.44. The van der Waals surface area contributed by atoms with Crippen LogP contribution in [0.25, 0.3) is 22.4 Å². The van der Waals surface area contributed by atoms with Gasteiger partial charge in [0.15, 0.2) is 11.5 Å². The first-order chi connectivity index (χ1) is 17.4. The summed E-state index contributed by atoms with van der Waals surface area (Å²) in [4.78, 5) is 35.9. The van der Waals surface area contributed by atoms with Crippen molar-refractivity contribution in [3.63, 3.8) is 0 Å². The second-order valence-corrected chi connectivity index (χ2v) is 10.1. The molecule has 5 aromatic rings. The predicted octanol–water partition coefficient (Wildman–Crippen LogP) is 4.21. The van der Waals surface area contributed by atoms with Gasteiger partial charge >= 0.3 is 5.69 Å². The molecule has 0 aliphatic rings. The highest BCUT2D eigenvalue weighted by atomic mass is 32.2. The maximum atomic E-state index is 13.3. The highest BCUT2D eigenvalue weighted by Crippen LogP contribution is 2.32. The molecule has 0 N–H and O–H groups in total. The van der Waals surface area contributed by atoms with Crippen molar-refractivity contribution in [2.45, 2.75) is 36.9 Å². The first kappa shape index (κ1) is 23.7. The lowest BCUT2D eigenvalue weighted by molar-refractivity contribution is 0.497. The molecule has 9 heteroatoms. The summed E-state index contributed by atoms with van der Waals surface area (Å²) in [5, 5.41) is 5.99. The molecule has 2 aromatic carbocycles. The first-order valence-corrected chi connectivity index (χ1v) is 12.5. The molecule has 0 saturated heterocycles. The number of hydrogen-bond acceptors (Lipinski definition) is 6. The van der Waals surface area contributed by atoms with Crippen molar-refractivity contribution in [2.24, 2.45) is 13.0 Å². The smallest absolute Gasteiger partial charge is 0.276 e. The average molecular weight is 499 g/mol. The molecule has 0 aliphatic carbocycles. The van der Waals surface area contributed by atoms with E-state index in [0.717, 1.165) is 16.0 Å². The third-order valence-corrected chi connectivity index (χ3v) is 6.91. The Balaban J connectivity index is 1.64. The summed E-state index contributed by atoms with van der Waals surface area (Å²) in [7, 11) is 1.53. The van der Waals surface area contributed by atoms with Crippen molar-refractivity contribution in [3.8, 4) is 11.4 Å². The summed E-state index contributed by atoms with van der Waals surface area (Å²) in [6.45, 7) is 5.00. The quantitative estimate of drug-likeness (QED) is 0.334. The number of hydrogen-bond donors (Lipinski definition) is 0. The second-order valence-electron chi connectivity index (χ2n) is 9.00. The molecule has 0 spiro atoms. The highest BCUT2D eigenvalue weighted by molar-refractivity contribution is 7.99. The van der Waals surface area contributed by atoms with Gasteiger partial charge < -0.3 is 0 Å². The van der Waals surface area contributed by atoms with E-state index in [1.807, 2.05) is 73.1 Å². The van der Waals surface area contributed by atoms with Gasteiger partial charge in [0, 0.05) is 36.4 Å². The van der Waals surface area contributed by atoms with Crippen LogP contribution in [-0.4, -0.2) is 28.9 Å². The summed E-state index contributed by atoms with van der Waals surface area (Å²) in [5.74, 6) is 0.877. The molecule has 0 amide bonds. The molecule has 8 nitrogen and oxygen atoms in total. The van der Waals surface area contributed by atoms with Crippen LogP contribution in [0.4, 0.5) is 0 Å². The largest absolute Gasteiger partial charge is 0.332 e. The summed E-state index contributed by atoms with van der Waals surface area (Å²) >= 11 is 1.48. The molecule has 0 fully saturated rings. The van der Waals surface area contributed by atoms with Crippen LogP contribution in [0.3, 0.4) is 0 Å². The minimum absolute atomic E-state index is 0.214. The molecular formula is C27H26N6O2S. The number of benzene rings is 2. The Morgan fingerprint density at radius 1 is 0.917 bits per heavy atom. The minimum Gasteiger partial charge on any atom is -0.276 e. The van der Waals surface area contributed by atoms with Crippen molar-refractivity contribution in [1.29, 1.82) is 0 Å². The normalized spacial score (nSPS) is 11.4. The zero-order chi connectivity index (χ0) is 25.2. The lowest BCUT2D eigenvalue weighted by atomic mass is 10.1. The fourth-order valence-electron chi connectivity index (χ4n) is 4.06. The van der Waals surface area contributed by atoms with E-state index in [9.17, 15) is 9.59 Å². The van der Waals surface area contributed by atoms with Gasteiger partial charge in [-0.1, -0.05) is 68.1 Å². The molecule has 0 aliphatic heterocycles. The molecule has 0 saturated carbocycles. The van der Waals surface area contributed by atoms with Crippen LogP contribution in [0.15, 0.2) is 92.6 Å². The Hall–Kier alpha value is -3.98. The van der Waals surface area contributed by atoms with Crippen LogP contribution in [0.1, 0.15) is 19.4 Å². The van der Waals surface area contributed by atoms with E-state index >= 15 is 0 Å². The Bertz CT molecular complexity index is 1620. The van der Waals surface area contributed by atoms with Gasteiger partial charge in [-0.15, -0.1) is 0 Å². The Morgan fingerprint density at radius 2 is 1.61 bits per heavy atom. The zero-order valence-electron chi connectivity index (χ0n) is 20.3. The molecule has 5 rings (SSSR count). The lowest BCUT2D eigenvalue weighted by Crippen LogP contribution is -2.38. The van der Waals surface area contributed by atoms with E-state index in [4.69, 9.17) is 5.10 Å². The molecule has 0 radical (unpaired) electrons. The van der Waals surface area contributed by atoms with Gasteiger partial charge in [0.05, 0.1) is 6.54 Å². The van der Waals surface area contributed by atoms with Crippen molar-refractivity contribution in [1.82, 2.24) is 28.9 Å². The van der Waals surface area contributed by atoms with Gasteiger partial charge in [0.1, 0.15) is 10.4 Å². The number of fused-ring (bicyclic) bond motifs is 1. The fraction of sp³-hybridized carbons (Fsp3) is 0.222.